The molecule has 1 saturated heterocycles. The molecular weight excluding hydrogens is 358 g/mol. The lowest BCUT2D eigenvalue weighted by Gasteiger charge is -2.36. The standard InChI is InChI=1S/C21H27N3O2S/c1-26-20(25)10-5-11-22-21(27)24-14-12-23(13-15-24)16-18-8-4-7-17-6-2-3-9-19(17)18/h2-4,6-9H,5,10-16H2,1H3,(H,22,27). The van der Waals surface area contributed by atoms with Gasteiger partial charge in [-0.15, -0.1) is 0 Å². The first kappa shape index (κ1) is 19.6. The molecule has 1 N–H and O–H groups in total. The van der Waals surface area contributed by atoms with E-state index in [0.717, 1.165) is 44.3 Å². The van der Waals surface area contributed by atoms with E-state index in [1.54, 1.807) is 0 Å². The van der Waals surface area contributed by atoms with Crippen LogP contribution in [0.25, 0.3) is 10.8 Å². The Balaban J connectivity index is 1.44. The van der Waals surface area contributed by atoms with Crippen LogP contribution in [0.1, 0.15) is 18.4 Å². The Morgan fingerprint density at radius 1 is 1.11 bits per heavy atom. The van der Waals surface area contributed by atoms with Gasteiger partial charge in [-0.3, -0.25) is 9.69 Å². The van der Waals surface area contributed by atoms with Gasteiger partial charge in [-0.25, -0.2) is 0 Å². The van der Waals surface area contributed by atoms with E-state index in [0.29, 0.717) is 13.0 Å². The van der Waals surface area contributed by atoms with Crippen LogP contribution in [-0.4, -0.2) is 60.7 Å². The minimum absolute atomic E-state index is 0.176. The molecule has 144 valence electrons. The SMILES string of the molecule is COC(=O)CCCNC(=S)N1CCN(Cc2cccc3ccccc23)CC1. The van der Waals surface area contributed by atoms with Crippen molar-refractivity contribution in [1.29, 1.82) is 0 Å². The molecule has 0 amide bonds. The largest absolute Gasteiger partial charge is 0.469 e. The number of carbonyl (C=O) groups excluding carboxylic acids is 1. The van der Waals surface area contributed by atoms with E-state index in [2.05, 4.69) is 62.3 Å². The lowest BCUT2D eigenvalue weighted by Crippen LogP contribution is -2.51. The van der Waals surface area contributed by atoms with Gasteiger partial charge in [0.05, 0.1) is 7.11 Å². The van der Waals surface area contributed by atoms with Crippen LogP contribution in [0.2, 0.25) is 0 Å². The van der Waals surface area contributed by atoms with Crippen LogP contribution >= 0.6 is 12.2 Å². The van der Waals surface area contributed by atoms with E-state index in [1.165, 1.54) is 23.4 Å². The Morgan fingerprint density at radius 2 is 1.85 bits per heavy atom. The predicted molar refractivity (Wildman–Crippen MR) is 113 cm³/mol. The van der Waals surface area contributed by atoms with E-state index in [-0.39, 0.29) is 5.97 Å². The maximum atomic E-state index is 11.1. The molecule has 0 saturated carbocycles. The Morgan fingerprint density at radius 3 is 2.63 bits per heavy atom. The Hall–Kier alpha value is -2.18. The van der Waals surface area contributed by atoms with Crippen molar-refractivity contribution in [3.8, 4) is 0 Å². The molecule has 0 aromatic heterocycles. The summed E-state index contributed by atoms with van der Waals surface area (Å²) >= 11 is 5.49. The van der Waals surface area contributed by atoms with Crippen molar-refractivity contribution in [2.75, 3.05) is 39.8 Å². The van der Waals surface area contributed by atoms with Crippen LogP contribution in [0.15, 0.2) is 42.5 Å². The summed E-state index contributed by atoms with van der Waals surface area (Å²) in [7, 11) is 1.41. The van der Waals surface area contributed by atoms with Crippen LogP contribution < -0.4 is 5.32 Å². The molecule has 1 aliphatic heterocycles. The lowest BCUT2D eigenvalue weighted by molar-refractivity contribution is -0.140. The zero-order chi connectivity index (χ0) is 19.1. The summed E-state index contributed by atoms with van der Waals surface area (Å²) in [6.45, 7) is 5.50. The molecule has 0 atom stereocenters. The molecular formula is C21H27N3O2S. The first-order valence-corrected chi connectivity index (χ1v) is 9.87. The molecule has 1 fully saturated rings. The summed E-state index contributed by atoms with van der Waals surface area (Å²) in [4.78, 5) is 15.8. The lowest BCUT2D eigenvalue weighted by atomic mass is 10.0. The maximum absolute atomic E-state index is 11.1. The number of thiocarbonyl (C=S) groups is 1. The smallest absolute Gasteiger partial charge is 0.305 e. The first-order chi connectivity index (χ1) is 13.2. The molecule has 0 unspecified atom stereocenters. The van der Waals surface area contributed by atoms with Gasteiger partial charge >= 0.3 is 5.97 Å². The summed E-state index contributed by atoms with van der Waals surface area (Å²) in [6.07, 6.45) is 1.15. The van der Waals surface area contributed by atoms with Gasteiger partial charge < -0.3 is 15.0 Å². The normalized spacial score (nSPS) is 14.9. The maximum Gasteiger partial charge on any atom is 0.305 e. The van der Waals surface area contributed by atoms with E-state index < -0.39 is 0 Å². The summed E-state index contributed by atoms with van der Waals surface area (Å²) in [5.74, 6) is -0.176. The monoisotopic (exact) mass is 385 g/mol. The number of benzene rings is 2. The van der Waals surface area contributed by atoms with Crippen LogP contribution in [0.4, 0.5) is 0 Å². The Labute approximate surface area is 166 Å². The highest BCUT2D eigenvalue weighted by molar-refractivity contribution is 7.80. The van der Waals surface area contributed by atoms with Crippen LogP contribution in [-0.2, 0) is 16.1 Å². The molecule has 27 heavy (non-hydrogen) atoms. The molecule has 6 heteroatoms. The fourth-order valence-corrected chi connectivity index (χ4v) is 3.71. The van der Waals surface area contributed by atoms with Crippen molar-refractivity contribution in [3.63, 3.8) is 0 Å². The molecule has 2 aromatic carbocycles. The Bertz CT molecular complexity index is 783. The van der Waals surface area contributed by atoms with Crippen LogP contribution in [0.3, 0.4) is 0 Å². The fraction of sp³-hybridized carbons (Fsp3) is 0.429. The molecule has 1 aliphatic rings. The molecule has 0 aliphatic carbocycles. The number of carbonyl (C=O) groups is 1. The zero-order valence-corrected chi connectivity index (χ0v) is 16.6. The number of piperazine rings is 1. The van der Waals surface area contributed by atoms with E-state index in [1.807, 2.05) is 0 Å². The third-order valence-corrected chi connectivity index (χ3v) is 5.40. The first-order valence-electron chi connectivity index (χ1n) is 9.46. The van der Waals surface area contributed by atoms with Gasteiger partial charge in [-0.1, -0.05) is 42.5 Å². The van der Waals surface area contributed by atoms with Gasteiger partial charge in [0.1, 0.15) is 0 Å². The molecule has 0 bridgehead atoms. The van der Waals surface area contributed by atoms with E-state index in [9.17, 15) is 4.79 Å². The van der Waals surface area contributed by atoms with Gasteiger partial charge in [0.25, 0.3) is 0 Å². The number of ether oxygens (including phenoxy) is 1. The van der Waals surface area contributed by atoms with E-state index in [4.69, 9.17) is 12.2 Å². The highest BCUT2D eigenvalue weighted by Crippen LogP contribution is 2.20. The summed E-state index contributed by atoms with van der Waals surface area (Å²) in [6, 6.07) is 15.1. The third-order valence-electron chi connectivity index (χ3n) is 4.99. The second-order valence-electron chi connectivity index (χ2n) is 6.81. The molecule has 0 radical (unpaired) electrons. The number of fused-ring (bicyclic) bond motifs is 1. The van der Waals surface area contributed by atoms with Crippen molar-refractivity contribution in [3.05, 3.63) is 48.0 Å². The second-order valence-corrected chi connectivity index (χ2v) is 7.20. The van der Waals surface area contributed by atoms with Crippen molar-refractivity contribution < 1.29 is 9.53 Å². The highest BCUT2D eigenvalue weighted by Gasteiger charge is 2.19. The molecule has 5 nitrogen and oxygen atoms in total. The van der Waals surface area contributed by atoms with Crippen molar-refractivity contribution in [2.45, 2.75) is 19.4 Å². The third kappa shape index (κ3) is 5.40. The quantitative estimate of drug-likeness (QED) is 0.469. The van der Waals surface area contributed by atoms with E-state index >= 15 is 0 Å². The topological polar surface area (TPSA) is 44.8 Å². The number of nitrogens with one attached hydrogen (secondary N) is 1. The summed E-state index contributed by atoms with van der Waals surface area (Å²) in [5.41, 5.74) is 1.38. The van der Waals surface area contributed by atoms with Gasteiger partial charge in [0.15, 0.2) is 5.11 Å². The average Bonchev–Trinajstić information content (AvgIpc) is 2.71. The number of hydrogen-bond donors (Lipinski definition) is 1. The van der Waals surface area contributed by atoms with Crippen LogP contribution in [0.5, 0.6) is 0 Å². The predicted octanol–water partition coefficient (Wildman–Crippen LogP) is 2.79. The molecule has 3 rings (SSSR count). The molecule has 2 aromatic rings. The van der Waals surface area contributed by atoms with Gasteiger partial charge in [-0.2, -0.15) is 0 Å². The second kappa shape index (κ2) is 9.67. The van der Waals surface area contributed by atoms with Crippen molar-refractivity contribution in [1.82, 2.24) is 15.1 Å². The number of hydrogen-bond acceptors (Lipinski definition) is 4. The van der Waals surface area contributed by atoms with Gasteiger partial charge in [0.2, 0.25) is 0 Å². The number of methoxy groups -OCH3 is 1. The zero-order valence-electron chi connectivity index (χ0n) is 15.8. The summed E-state index contributed by atoms with van der Waals surface area (Å²) in [5, 5.41) is 6.67. The number of nitrogens with zero attached hydrogens (tertiary/aromatic N) is 2. The van der Waals surface area contributed by atoms with Crippen molar-refractivity contribution >= 4 is 34.1 Å². The Kier molecular flexibility index (Phi) is 7.01. The minimum atomic E-state index is -0.176. The fourth-order valence-electron chi connectivity index (χ4n) is 3.42. The minimum Gasteiger partial charge on any atom is -0.469 e. The van der Waals surface area contributed by atoms with Gasteiger partial charge in [-0.05, 0) is 35.0 Å². The van der Waals surface area contributed by atoms with Crippen LogP contribution in [0, 0.1) is 0 Å². The molecule has 0 spiro atoms. The highest BCUT2D eigenvalue weighted by atomic mass is 32.1. The van der Waals surface area contributed by atoms with Crippen molar-refractivity contribution in [2.24, 2.45) is 0 Å². The molecule has 1 heterocycles. The summed E-state index contributed by atoms with van der Waals surface area (Å²) < 4.78 is 4.65. The number of esters is 1. The average molecular weight is 386 g/mol. The van der Waals surface area contributed by atoms with Gasteiger partial charge in [0, 0.05) is 45.7 Å². The number of rotatable bonds is 6.